The third-order valence-electron chi connectivity index (χ3n) is 4.86. The van der Waals surface area contributed by atoms with Gasteiger partial charge in [0.05, 0.1) is 13.2 Å². The average Bonchev–Trinajstić information content (AvgIpc) is 2.99. The van der Waals surface area contributed by atoms with Crippen LogP contribution in [-0.4, -0.2) is 30.1 Å². The zero-order valence-corrected chi connectivity index (χ0v) is 14.6. The quantitative estimate of drug-likeness (QED) is 0.513. The number of benzene rings is 1. The number of aromatic nitrogens is 1. The smallest absolute Gasteiger partial charge is 0.323 e. The fraction of sp³-hybridized carbons (Fsp3) is 0.400. The molecule has 0 amide bonds. The summed E-state index contributed by atoms with van der Waals surface area (Å²) in [5.41, 5.74) is 1.63. The molecule has 2 aromatic rings. The van der Waals surface area contributed by atoms with E-state index in [1.54, 1.807) is 19.9 Å². The lowest BCUT2D eigenvalue weighted by molar-refractivity contribution is -0.173. The Labute approximate surface area is 147 Å². The van der Waals surface area contributed by atoms with Crippen LogP contribution in [0.1, 0.15) is 37.4 Å². The number of ether oxygens (including phenoxy) is 2. The Morgan fingerprint density at radius 1 is 1.24 bits per heavy atom. The van der Waals surface area contributed by atoms with Gasteiger partial charge in [-0.25, -0.2) is 0 Å². The number of esters is 2. The van der Waals surface area contributed by atoms with E-state index in [0.717, 1.165) is 22.2 Å². The topological polar surface area (TPSA) is 68.4 Å². The van der Waals surface area contributed by atoms with Crippen molar-refractivity contribution in [3.05, 3.63) is 48.2 Å². The van der Waals surface area contributed by atoms with Crippen LogP contribution in [0.3, 0.4) is 0 Å². The van der Waals surface area contributed by atoms with Gasteiger partial charge in [0.25, 0.3) is 0 Å². The van der Waals surface area contributed by atoms with Crippen LogP contribution in [0.5, 0.6) is 0 Å². The van der Waals surface area contributed by atoms with Crippen molar-refractivity contribution in [2.45, 2.75) is 32.6 Å². The van der Waals surface area contributed by atoms with E-state index < -0.39 is 17.4 Å². The Kier molecular flexibility index (Phi) is 4.66. The van der Waals surface area contributed by atoms with Crippen LogP contribution in [0.4, 0.5) is 0 Å². The van der Waals surface area contributed by atoms with Crippen LogP contribution >= 0.6 is 0 Å². The largest absolute Gasteiger partial charge is 0.465 e. The van der Waals surface area contributed by atoms with Crippen molar-refractivity contribution in [2.75, 3.05) is 13.2 Å². The Hall–Kier alpha value is -2.56. The van der Waals surface area contributed by atoms with E-state index >= 15 is 0 Å². The number of allylic oxidation sites excluding steroid dienone is 1. The number of fused-ring (bicyclic) bond motifs is 3. The molecule has 3 rings (SSSR count). The molecule has 5 nitrogen and oxygen atoms in total. The first-order valence-electron chi connectivity index (χ1n) is 8.63. The molecular weight excluding hydrogens is 318 g/mol. The van der Waals surface area contributed by atoms with Gasteiger partial charge in [-0.3, -0.25) is 9.59 Å². The highest BCUT2D eigenvalue weighted by atomic mass is 16.6. The second-order valence-corrected chi connectivity index (χ2v) is 6.31. The molecular formula is C20H23NO4. The standard InChI is InChI=1S/C20H23NO4/c1-4-13-11-20(18(22)24-5-2,19(23)25-6-3)12-16-17(13)14-9-7-8-10-15(14)21-16/h4,7-10,13,21H,1,5-6,11-12H2,2-3H3. The molecule has 0 spiro atoms. The molecule has 0 saturated heterocycles. The monoisotopic (exact) mass is 341 g/mol. The summed E-state index contributed by atoms with van der Waals surface area (Å²) in [6, 6.07) is 7.97. The molecule has 25 heavy (non-hydrogen) atoms. The van der Waals surface area contributed by atoms with Crippen molar-refractivity contribution in [3.63, 3.8) is 0 Å². The number of rotatable bonds is 5. The van der Waals surface area contributed by atoms with Gasteiger partial charge < -0.3 is 14.5 Å². The maximum atomic E-state index is 12.8. The van der Waals surface area contributed by atoms with E-state index in [0.29, 0.717) is 6.42 Å². The lowest BCUT2D eigenvalue weighted by Crippen LogP contribution is -2.47. The van der Waals surface area contributed by atoms with Crippen molar-refractivity contribution in [3.8, 4) is 0 Å². The fourth-order valence-corrected chi connectivity index (χ4v) is 3.77. The minimum atomic E-state index is -1.33. The molecule has 0 radical (unpaired) electrons. The fourth-order valence-electron chi connectivity index (χ4n) is 3.77. The molecule has 0 aliphatic heterocycles. The first-order valence-corrected chi connectivity index (χ1v) is 8.63. The van der Waals surface area contributed by atoms with E-state index in [-0.39, 0.29) is 25.6 Å². The number of nitrogens with one attached hydrogen (secondary N) is 1. The van der Waals surface area contributed by atoms with Gasteiger partial charge in [0.1, 0.15) is 0 Å². The zero-order chi connectivity index (χ0) is 18.0. The number of carbonyl (C=O) groups excluding carboxylic acids is 2. The molecule has 1 aromatic carbocycles. The average molecular weight is 341 g/mol. The van der Waals surface area contributed by atoms with Gasteiger partial charge >= 0.3 is 11.9 Å². The van der Waals surface area contributed by atoms with Gasteiger partial charge in [-0.15, -0.1) is 6.58 Å². The lowest BCUT2D eigenvalue weighted by Gasteiger charge is -2.35. The summed E-state index contributed by atoms with van der Waals surface area (Å²) >= 11 is 0. The van der Waals surface area contributed by atoms with Crippen molar-refractivity contribution in [2.24, 2.45) is 5.41 Å². The maximum Gasteiger partial charge on any atom is 0.323 e. The van der Waals surface area contributed by atoms with Crippen molar-refractivity contribution in [1.29, 1.82) is 0 Å². The Morgan fingerprint density at radius 3 is 2.48 bits per heavy atom. The van der Waals surface area contributed by atoms with E-state index in [1.165, 1.54) is 0 Å². The second-order valence-electron chi connectivity index (χ2n) is 6.31. The summed E-state index contributed by atoms with van der Waals surface area (Å²) in [5, 5.41) is 1.10. The van der Waals surface area contributed by atoms with Gasteiger partial charge in [-0.05, 0) is 31.9 Å². The third kappa shape index (κ3) is 2.73. The molecule has 1 aromatic heterocycles. The molecule has 1 unspecified atom stereocenters. The Bertz CT molecular complexity index is 802. The first kappa shape index (κ1) is 17.3. The van der Waals surface area contributed by atoms with Gasteiger partial charge in [0, 0.05) is 28.9 Å². The van der Waals surface area contributed by atoms with Crippen LogP contribution in [0.25, 0.3) is 10.9 Å². The van der Waals surface area contributed by atoms with Crippen LogP contribution in [-0.2, 0) is 25.5 Å². The van der Waals surface area contributed by atoms with Gasteiger partial charge in [-0.1, -0.05) is 24.3 Å². The SMILES string of the molecule is C=CC1CC(C(=O)OCC)(C(=O)OCC)Cc2[nH]c3ccccc3c21. The predicted octanol–water partition coefficient (Wildman–Crippen LogP) is 3.50. The van der Waals surface area contributed by atoms with Gasteiger partial charge in [0.15, 0.2) is 5.41 Å². The van der Waals surface area contributed by atoms with Crippen molar-refractivity contribution < 1.29 is 19.1 Å². The summed E-state index contributed by atoms with van der Waals surface area (Å²) in [6.45, 7) is 7.84. The Balaban J connectivity index is 2.14. The molecule has 0 bridgehead atoms. The third-order valence-corrected chi connectivity index (χ3v) is 4.86. The highest BCUT2D eigenvalue weighted by Gasteiger charge is 2.53. The molecule has 0 saturated carbocycles. The minimum absolute atomic E-state index is 0.131. The number of aromatic amines is 1. The van der Waals surface area contributed by atoms with Crippen LogP contribution < -0.4 is 0 Å². The molecule has 0 fully saturated rings. The summed E-state index contributed by atoms with van der Waals surface area (Å²) in [5.74, 6) is -1.18. The molecule has 1 atom stereocenters. The summed E-state index contributed by atoms with van der Waals surface area (Å²) in [6.07, 6.45) is 2.35. The molecule has 132 valence electrons. The van der Waals surface area contributed by atoms with Crippen LogP contribution in [0, 0.1) is 5.41 Å². The number of hydrogen-bond donors (Lipinski definition) is 1. The van der Waals surface area contributed by atoms with Crippen LogP contribution in [0.15, 0.2) is 36.9 Å². The maximum absolute atomic E-state index is 12.8. The van der Waals surface area contributed by atoms with Gasteiger partial charge in [-0.2, -0.15) is 0 Å². The van der Waals surface area contributed by atoms with Gasteiger partial charge in [0.2, 0.25) is 0 Å². The molecule has 1 aliphatic rings. The normalized spacial score (nSPS) is 18.4. The summed E-state index contributed by atoms with van der Waals surface area (Å²) in [7, 11) is 0. The number of para-hydroxylation sites is 1. The molecule has 5 heteroatoms. The number of H-pyrrole nitrogens is 1. The highest BCUT2D eigenvalue weighted by Crippen LogP contribution is 2.47. The zero-order valence-electron chi connectivity index (χ0n) is 14.6. The molecule has 1 N–H and O–H groups in total. The van der Waals surface area contributed by atoms with Crippen molar-refractivity contribution >= 4 is 22.8 Å². The van der Waals surface area contributed by atoms with E-state index in [2.05, 4.69) is 11.6 Å². The van der Waals surface area contributed by atoms with E-state index in [4.69, 9.17) is 9.47 Å². The first-order chi connectivity index (χ1) is 12.1. The van der Waals surface area contributed by atoms with E-state index in [1.807, 2.05) is 24.3 Å². The molecule has 1 aliphatic carbocycles. The van der Waals surface area contributed by atoms with Crippen LogP contribution in [0.2, 0.25) is 0 Å². The predicted molar refractivity (Wildman–Crippen MR) is 95.3 cm³/mol. The minimum Gasteiger partial charge on any atom is -0.465 e. The molecule has 1 heterocycles. The summed E-state index contributed by atoms with van der Waals surface area (Å²) < 4.78 is 10.5. The van der Waals surface area contributed by atoms with E-state index in [9.17, 15) is 9.59 Å². The Morgan fingerprint density at radius 2 is 1.88 bits per heavy atom. The summed E-state index contributed by atoms with van der Waals surface area (Å²) in [4.78, 5) is 28.9. The second kappa shape index (κ2) is 6.75. The number of carbonyl (C=O) groups is 2. The highest BCUT2D eigenvalue weighted by molar-refractivity contribution is 6.01. The lowest BCUT2D eigenvalue weighted by atomic mass is 9.68. The van der Waals surface area contributed by atoms with Crippen molar-refractivity contribution in [1.82, 2.24) is 4.98 Å². The number of hydrogen-bond acceptors (Lipinski definition) is 4.